The zero-order valence-corrected chi connectivity index (χ0v) is 68.9. The molecule has 6 aliphatic rings. The van der Waals surface area contributed by atoms with Crippen LogP contribution in [-0.4, -0.2) is 153 Å². The molecule has 0 spiro atoms. The number of halogens is 9. The number of nitrogens with zero attached hydrogens (tertiary/aromatic N) is 8. The third kappa shape index (κ3) is 22.6. The SMILES string of the molecule is C[C@@H](NS(=O)(=O)/C=C/c1nn(-c2ccc(F)cc2F)c2c1CS(=O)(=O)CC2Cc1cccc(F)c1)C1CCCCC1.O=S1(=O)Cc2c(/C=C/S(=O)(=O)NN3CCCCC3)nn(-c3ccc(F)cc3F)c2C(Cc2cccc(F)c2)C1.O=S1(=O)Cc2c(/C=C/S(=O)(=O)NN3CCOCC3)nn(-c3ccc(F)cc3F)c2C(Cc2cccc(F)c2)C1. The average Bonchev–Trinajstić information content (AvgIpc) is 1.61. The number of ether oxygens (including phenoxy) is 1. The van der Waals surface area contributed by atoms with Crippen molar-refractivity contribution < 1.29 is 94.8 Å². The number of sulfonamides is 3. The van der Waals surface area contributed by atoms with Gasteiger partial charge in [0.05, 0.1) is 81.9 Å². The summed E-state index contributed by atoms with van der Waals surface area (Å²) in [4.78, 5) is 4.90. The lowest BCUT2D eigenvalue weighted by atomic mass is 9.85. The first-order valence-electron chi connectivity index (χ1n) is 38.2. The van der Waals surface area contributed by atoms with Gasteiger partial charge >= 0.3 is 0 Å². The van der Waals surface area contributed by atoms with Gasteiger partial charge in [-0.1, -0.05) is 62.1 Å². The van der Waals surface area contributed by atoms with E-state index in [1.54, 1.807) is 23.2 Å². The predicted octanol–water partition coefficient (Wildman–Crippen LogP) is 11.9. The van der Waals surface area contributed by atoms with E-state index >= 15 is 0 Å². The van der Waals surface area contributed by atoms with Crippen molar-refractivity contribution in [2.75, 3.05) is 56.7 Å². The zero-order chi connectivity index (χ0) is 84.9. The highest BCUT2D eigenvalue weighted by Gasteiger charge is 2.41. The molecule has 4 atom stereocenters. The number of nitrogens with one attached hydrogen (secondary N) is 3. The first-order chi connectivity index (χ1) is 56.4. The molecule has 15 rings (SSSR count). The molecule has 3 unspecified atom stereocenters. The molecule has 6 aromatic carbocycles. The van der Waals surface area contributed by atoms with Crippen LogP contribution in [0.25, 0.3) is 35.3 Å². The highest BCUT2D eigenvalue weighted by Crippen LogP contribution is 2.42. The molecule has 0 amide bonds. The average molecular weight is 1770 g/mol. The standard InChI is InChI=1S/C29H32F3N3O4S2.C26H27F3N4O4S2.C25H25F3N4O5S2/c1-19(21-7-3-2-4-8-21)34-41(38,39)13-12-27-25-18-40(36,37)17-22(14-20-6-5-9-23(30)15-20)29(25)35(33-27)28-11-10-24(31)16-26(28)32;27-20-6-4-5-18(14-20)13-19-16-38(34,35)17-22-24(9-12-39(36,37)31-32-10-2-1-3-11-32)30-33(26(19)22)25-8-7-21(28)15-23(25)29;26-19-3-1-2-17(13-19)12-18-15-38(33,34)16-21-23(6-11-39(35,36)30-31-7-9-37-10-8-31)29-32(25(18)21)24-5-4-20(27)14-22(24)28/h5-6,9-13,15-16,19,21-22,34H,2-4,7-8,14,17-18H2,1H3;4-9,12,14-15,19,31H,1-3,10-11,13,16-17H2;1-6,11,13-14,18,30H,7-10,12,15-16H2/b13-12+;12-9+;11-6+/t19-,22?;;/m1../s1. The number of hydrogen-bond acceptors (Lipinski definition) is 18. The van der Waals surface area contributed by atoms with Crippen molar-refractivity contribution in [3.63, 3.8) is 0 Å². The van der Waals surface area contributed by atoms with E-state index < -0.39 is 147 Å². The predicted molar refractivity (Wildman–Crippen MR) is 429 cm³/mol. The molecule has 0 radical (unpaired) electrons. The summed E-state index contributed by atoms with van der Waals surface area (Å²) in [6, 6.07) is 25.6. The topological polar surface area (TPSA) is 310 Å². The van der Waals surface area contributed by atoms with Gasteiger partial charge in [0.2, 0.25) is 30.1 Å². The van der Waals surface area contributed by atoms with Crippen molar-refractivity contribution in [1.29, 1.82) is 0 Å². The summed E-state index contributed by atoms with van der Waals surface area (Å²) in [5, 5.41) is 19.0. The lowest BCUT2D eigenvalue weighted by Gasteiger charge is -2.27. The van der Waals surface area contributed by atoms with Crippen molar-refractivity contribution in [3.8, 4) is 17.1 Å². The molecule has 8 heterocycles. The molecule has 2 saturated heterocycles. The fraction of sp³-hybridized carbons (Fsp3) is 0.362. The second kappa shape index (κ2) is 36.7. The van der Waals surface area contributed by atoms with Gasteiger partial charge in [-0.2, -0.15) is 15.3 Å². The monoisotopic (exact) mass is 1770 g/mol. The van der Waals surface area contributed by atoms with Gasteiger partial charge in [-0.15, -0.1) is 9.66 Å². The van der Waals surface area contributed by atoms with Crippen LogP contribution in [0.3, 0.4) is 0 Å². The maximum absolute atomic E-state index is 15.0. The van der Waals surface area contributed by atoms with Gasteiger partial charge < -0.3 is 4.74 Å². The fourth-order valence-corrected chi connectivity index (χ4v) is 24.1. The van der Waals surface area contributed by atoms with Crippen LogP contribution in [0, 0.1) is 58.3 Å². The van der Waals surface area contributed by atoms with Crippen molar-refractivity contribution >= 4 is 77.8 Å². The highest BCUT2D eigenvalue weighted by molar-refractivity contribution is 7.93. The van der Waals surface area contributed by atoms with E-state index in [2.05, 4.69) is 29.7 Å². The van der Waals surface area contributed by atoms with Crippen LogP contribution in [0.1, 0.15) is 144 Å². The molecule has 3 N–H and O–H groups in total. The maximum Gasteiger partial charge on any atom is 0.246 e. The van der Waals surface area contributed by atoms with Crippen LogP contribution in [0.15, 0.2) is 144 Å². The Hall–Kier alpha value is -9.00. The third-order valence-corrected chi connectivity index (χ3v) is 29.2. The van der Waals surface area contributed by atoms with E-state index in [4.69, 9.17) is 4.74 Å². The Morgan fingerprint density at radius 1 is 0.420 bits per heavy atom. The number of benzene rings is 6. The van der Waals surface area contributed by atoms with Crippen LogP contribution in [0.5, 0.6) is 0 Å². The van der Waals surface area contributed by atoms with E-state index in [1.807, 2.05) is 6.92 Å². The molecule has 24 nitrogen and oxygen atoms in total. The van der Waals surface area contributed by atoms with Crippen molar-refractivity contribution in [2.45, 2.75) is 119 Å². The molecule has 3 aromatic heterocycles. The van der Waals surface area contributed by atoms with Crippen LogP contribution in [-0.2, 0) is 101 Å². The second-order valence-corrected chi connectivity index (χ2v) is 41.2. The molecule has 5 aliphatic heterocycles. The minimum Gasteiger partial charge on any atom is -0.379 e. The molecule has 1 saturated carbocycles. The van der Waals surface area contributed by atoms with Gasteiger partial charge in [-0.25, -0.2) is 119 Å². The normalized spacial score (nSPS) is 20.0. The Morgan fingerprint density at radius 2 is 0.739 bits per heavy atom. The van der Waals surface area contributed by atoms with E-state index in [-0.39, 0.29) is 99.3 Å². The molecule has 1 aliphatic carbocycles. The number of rotatable bonds is 22. The first-order valence-corrected chi connectivity index (χ1v) is 48.3. The summed E-state index contributed by atoms with van der Waals surface area (Å²) in [5.74, 6) is -10.9. The van der Waals surface area contributed by atoms with Crippen molar-refractivity contribution in [1.82, 2.24) is 53.7 Å². The summed E-state index contributed by atoms with van der Waals surface area (Å²) in [5.41, 5.74) is 2.98. The smallest absolute Gasteiger partial charge is 0.246 e. The molecule has 0 bridgehead atoms. The lowest BCUT2D eigenvalue weighted by Crippen LogP contribution is -2.47. The van der Waals surface area contributed by atoms with Gasteiger partial charge in [0.25, 0.3) is 0 Å². The molecule has 39 heteroatoms. The van der Waals surface area contributed by atoms with Crippen LogP contribution in [0.2, 0.25) is 0 Å². The molecular formula is C80H84F9N11O13S6. The Kier molecular flexibility index (Phi) is 27.1. The summed E-state index contributed by atoms with van der Waals surface area (Å²) in [6.45, 7) is 4.39. The van der Waals surface area contributed by atoms with Crippen LogP contribution in [0.4, 0.5) is 39.5 Å². The first kappa shape index (κ1) is 87.8. The summed E-state index contributed by atoms with van der Waals surface area (Å²) in [7, 11) is -22.9. The minimum absolute atomic E-state index is 0.00796. The fourth-order valence-electron chi connectivity index (χ4n) is 15.9. The van der Waals surface area contributed by atoms with Crippen molar-refractivity contribution in [2.24, 2.45) is 5.92 Å². The summed E-state index contributed by atoms with van der Waals surface area (Å²) >= 11 is 0. The van der Waals surface area contributed by atoms with Gasteiger partial charge in [0.1, 0.15) is 52.0 Å². The Labute approximate surface area is 683 Å². The van der Waals surface area contributed by atoms with E-state index in [0.717, 1.165) is 91.9 Å². The molecule has 119 heavy (non-hydrogen) atoms. The van der Waals surface area contributed by atoms with E-state index in [0.29, 0.717) is 91.4 Å². The molecule has 9 aromatic rings. The number of sulfone groups is 3. The highest BCUT2D eigenvalue weighted by atomic mass is 32.2. The largest absolute Gasteiger partial charge is 0.379 e. The third-order valence-electron chi connectivity index (χ3n) is 21.1. The number of piperidine rings is 1. The lowest BCUT2D eigenvalue weighted by molar-refractivity contribution is 0.0274. The molecule has 636 valence electrons. The number of hydrogen-bond donors (Lipinski definition) is 3. The van der Waals surface area contributed by atoms with E-state index in [9.17, 15) is 90.0 Å². The van der Waals surface area contributed by atoms with Crippen LogP contribution < -0.4 is 14.4 Å². The Morgan fingerprint density at radius 3 is 1.08 bits per heavy atom. The van der Waals surface area contributed by atoms with Gasteiger partial charge in [0.15, 0.2) is 47.0 Å². The number of fused-ring (bicyclic) bond motifs is 3. The van der Waals surface area contributed by atoms with Gasteiger partial charge in [0, 0.05) is 101 Å². The summed E-state index contributed by atoms with van der Waals surface area (Å²) in [6.07, 6.45) is 11.7. The minimum atomic E-state index is -3.99. The summed E-state index contributed by atoms with van der Waals surface area (Å²) < 4.78 is 294. The van der Waals surface area contributed by atoms with E-state index in [1.165, 1.54) is 104 Å². The molecule has 3 fully saturated rings. The maximum atomic E-state index is 15.0. The Balaban J connectivity index is 0.000000155. The van der Waals surface area contributed by atoms with Gasteiger partial charge in [-0.3, -0.25) is 0 Å². The van der Waals surface area contributed by atoms with Crippen molar-refractivity contribution in [3.05, 3.63) is 264 Å². The Bertz CT molecular complexity index is 5870. The number of hydrazine groups is 2. The van der Waals surface area contributed by atoms with Crippen LogP contribution >= 0.6 is 0 Å². The zero-order valence-electron chi connectivity index (χ0n) is 64.0. The second-order valence-electron chi connectivity index (χ2n) is 30.2. The quantitative estimate of drug-likeness (QED) is 0.0531. The molecular weight excluding hydrogens is 1690 g/mol. The van der Waals surface area contributed by atoms with Gasteiger partial charge in [-0.05, 0) is 166 Å². The number of aromatic nitrogens is 6. The number of morpholine rings is 1.